The summed E-state index contributed by atoms with van der Waals surface area (Å²) >= 11 is 0. The predicted molar refractivity (Wildman–Crippen MR) is 89.1 cm³/mol. The predicted octanol–water partition coefficient (Wildman–Crippen LogP) is 1.99. The molecule has 2 aromatic rings. The van der Waals surface area contributed by atoms with Crippen molar-refractivity contribution in [2.75, 3.05) is 19.9 Å². The van der Waals surface area contributed by atoms with Crippen LogP contribution in [0.5, 0.6) is 11.5 Å². The number of ether oxygens (including phenoxy) is 2. The Kier molecular flexibility index (Phi) is 5.18. The first kappa shape index (κ1) is 16.1. The third kappa shape index (κ3) is 3.97. The lowest BCUT2D eigenvalue weighted by Crippen LogP contribution is -2.40. The van der Waals surface area contributed by atoms with Gasteiger partial charge < -0.3 is 25.2 Å². The lowest BCUT2D eigenvalue weighted by atomic mass is 10.1. The summed E-state index contributed by atoms with van der Waals surface area (Å²) in [5, 5.41) is 15.0. The number of amides is 2. The summed E-state index contributed by atoms with van der Waals surface area (Å²) in [6, 6.07) is 14.4. The zero-order valence-electron chi connectivity index (χ0n) is 13.2. The number of nitrogens with one attached hydrogen (secondary N) is 2. The Morgan fingerprint density at radius 3 is 2.71 bits per heavy atom. The highest BCUT2D eigenvalue weighted by Crippen LogP contribution is 2.32. The van der Waals surface area contributed by atoms with E-state index in [0.717, 1.165) is 22.6 Å². The summed E-state index contributed by atoms with van der Waals surface area (Å²) in [5.41, 5.74) is 1.92. The molecule has 1 aliphatic rings. The highest BCUT2D eigenvalue weighted by Gasteiger charge is 2.14. The van der Waals surface area contributed by atoms with Gasteiger partial charge in [-0.15, -0.1) is 0 Å². The Hall–Kier alpha value is -2.73. The molecule has 0 bridgehead atoms. The molecule has 0 radical (unpaired) electrons. The van der Waals surface area contributed by atoms with E-state index in [1.807, 2.05) is 48.5 Å². The molecule has 24 heavy (non-hydrogen) atoms. The number of carbonyl (C=O) groups is 1. The summed E-state index contributed by atoms with van der Waals surface area (Å²) in [6.07, 6.45) is 0.680. The van der Waals surface area contributed by atoms with Crippen LogP contribution in [0.3, 0.4) is 0 Å². The number of benzene rings is 2. The molecule has 0 fully saturated rings. The first-order valence-corrected chi connectivity index (χ1v) is 7.85. The van der Waals surface area contributed by atoms with Gasteiger partial charge in [0.15, 0.2) is 11.5 Å². The van der Waals surface area contributed by atoms with Crippen LogP contribution in [0.1, 0.15) is 17.2 Å². The zero-order valence-corrected chi connectivity index (χ0v) is 13.2. The maximum Gasteiger partial charge on any atom is 0.315 e. The van der Waals surface area contributed by atoms with E-state index in [9.17, 15) is 9.90 Å². The van der Waals surface area contributed by atoms with Crippen molar-refractivity contribution in [2.24, 2.45) is 0 Å². The van der Waals surface area contributed by atoms with Gasteiger partial charge in [0.25, 0.3) is 0 Å². The summed E-state index contributed by atoms with van der Waals surface area (Å²) in [5.74, 6) is 1.49. The van der Waals surface area contributed by atoms with Gasteiger partial charge >= 0.3 is 6.03 Å². The Bertz CT molecular complexity index is 691. The first-order chi connectivity index (χ1) is 11.8. The minimum Gasteiger partial charge on any atom is -0.454 e. The molecule has 0 saturated carbocycles. The van der Waals surface area contributed by atoms with Crippen molar-refractivity contribution in [1.82, 2.24) is 10.6 Å². The molecule has 1 atom stereocenters. The molecule has 3 N–H and O–H groups in total. The Morgan fingerprint density at radius 2 is 1.92 bits per heavy atom. The van der Waals surface area contributed by atoms with E-state index in [0.29, 0.717) is 13.0 Å². The van der Waals surface area contributed by atoms with Gasteiger partial charge in [-0.25, -0.2) is 4.79 Å². The minimum atomic E-state index is -0.420. The standard InChI is InChI=1S/C18H20N2O4/c21-11-15(14-4-2-1-3-5-14)20-18(22)19-9-8-13-6-7-16-17(10-13)24-12-23-16/h1-7,10,15,21H,8-9,11-12H2,(H2,19,20,22). The Balaban J connectivity index is 1.47. The molecule has 0 spiro atoms. The molecule has 1 unspecified atom stereocenters. The zero-order chi connectivity index (χ0) is 16.8. The van der Waals surface area contributed by atoms with Crippen LogP contribution in [0, 0.1) is 0 Å². The fourth-order valence-corrected chi connectivity index (χ4v) is 2.55. The highest BCUT2D eigenvalue weighted by molar-refractivity contribution is 5.74. The third-order valence-corrected chi connectivity index (χ3v) is 3.83. The van der Waals surface area contributed by atoms with E-state index in [4.69, 9.17) is 9.47 Å². The average Bonchev–Trinajstić information content (AvgIpc) is 3.08. The molecule has 6 heteroatoms. The number of aliphatic hydroxyl groups is 1. The van der Waals surface area contributed by atoms with Gasteiger partial charge in [0.05, 0.1) is 12.6 Å². The van der Waals surface area contributed by atoms with Gasteiger partial charge in [-0.05, 0) is 29.7 Å². The van der Waals surface area contributed by atoms with Crippen LogP contribution in [0.2, 0.25) is 0 Å². The quantitative estimate of drug-likeness (QED) is 0.758. The summed E-state index contributed by atoms with van der Waals surface area (Å²) < 4.78 is 10.6. The first-order valence-electron chi connectivity index (χ1n) is 7.85. The highest BCUT2D eigenvalue weighted by atomic mass is 16.7. The monoisotopic (exact) mass is 328 g/mol. The fraction of sp³-hybridized carbons (Fsp3) is 0.278. The van der Waals surface area contributed by atoms with Crippen LogP contribution in [-0.2, 0) is 6.42 Å². The second kappa shape index (κ2) is 7.70. The number of rotatable bonds is 6. The number of fused-ring (bicyclic) bond motifs is 1. The van der Waals surface area contributed by atoms with Crippen molar-refractivity contribution in [3.63, 3.8) is 0 Å². The van der Waals surface area contributed by atoms with Gasteiger partial charge in [0.2, 0.25) is 6.79 Å². The molecule has 1 heterocycles. The number of urea groups is 1. The van der Waals surface area contributed by atoms with Gasteiger partial charge in [-0.1, -0.05) is 36.4 Å². The van der Waals surface area contributed by atoms with Gasteiger partial charge in [0.1, 0.15) is 0 Å². The normalized spacial score (nSPS) is 13.4. The van der Waals surface area contributed by atoms with Crippen LogP contribution in [0.15, 0.2) is 48.5 Å². The minimum absolute atomic E-state index is 0.153. The Labute approximate surface area is 140 Å². The molecule has 6 nitrogen and oxygen atoms in total. The SMILES string of the molecule is O=C(NCCc1ccc2c(c1)OCO2)NC(CO)c1ccccc1. The van der Waals surface area contributed by atoms with Gasteiger partial charge in [-0.3, -0.25) is 0 Å². The summed E-state index contributed by atoms with van der Waals surface area (Å²) in [7, 11) is 0. The molecule has 0 aliphatic carbocycles. The number of carbonyl (C=O) groups excluding carboxylic acids is 1. The molecule has 1 aliphatic heterocycles. The maximum absolute atomic E-state index is 12.0. The molecular formula is C18H20N2O4. The molecular weight excluding hydrogens is 308 g/mol. The second-order valence-electron chi connectivity index (χ2n) is 5.48. The van der Waals surface area contributed by atoms with Crippen LogP contribution >= 0.6 is 0 Å². The summed E-state index contributed by atoms with van der Waals surface area (Å²) in [6.45, 7) is 0.583. The van der Waals surface area contributed by atoms with E-state index < -0.39 is 6.04 Å². The largest absolute Gasteiger partial charge is 0.454 e. The van der Waals surface area contributed by atoms with Crippen molar-refractivity contribution >= 4 is 6.03 Å². The lowest BCUT2D eigenvalue weighted by molar-refractivity contribution is 0.174. The average molecular weight is 328 g/mol. The van der Waals surface area contributed by atoms with Gasteiger partial charge in [0, 0.05) is 6.54 Å². The third-order valence-electron chi connectivity index (χ3n) is 3.83. The molecule has 126 valence electrons. The molecule has 3 rings (SSSR count). The van der Waals surface area contributed by atoms with Crippen molar-refractivity contribution < 1.29 is 19.4 Å². The second-order valence-corrected chi connectivity index (χ2v) is 5.48. The topological polar surface area (TPSA) is 79.8 Å². The van der Waals surface area contributed by atoms with Crippen LogP contribution in [-0.4, -0.2) is 31.1 Å². The Morgan fingerprint density at radius 1 is 1.12 bits per heavy atom. The van der Waals surface area contributed by atoms with E-state index >= 15 is 0 Å². The molecule has 0 saturated heterocycles. The summed E-state index contributed by atoms with van der Waals surface area (Å²) in [4.78, 5) is 12.0. The van der Waals surface area contributed by atoms with Crippen molar-refractivity contribution in [3.8, 4) is 11.5 Å². The van der Waals surface area contributed by atoms with Crippen molar-refractivity contribution in [1.29, 1.82) is 0 Å². The molecule has 0 aromatic heterocycles. The van der Waals surface area contributed by atoms with Crippen molar-refractivity contribution in [2.45, 2.75) is 12.5 Å². The van der Waals surface area contributed by atoms with E-state index in [-0.39, 0.29) is 19.4 Å². The maximum atomic E-state index is 12.0. The lowest BCUT2D eigenvalue weighted by Gasteiger charge is -2.17. The van der Waals surface area contributed by atoms with Crippen molar-refractivity contribution in [3.05, 3.63) is 59.7 Å². The number of aliphatic hydroxyl groups excluding tert-OH is 1. The van der Waals surface area contributed by atoms with Crippen LogP contribution in [0.4, 0.5) is 4.79 Å². The smallest absolute Gasteiger partial charge is 0.315 e. The molecule has 2 aromatic carbocycles. The fourth-order valence-electron chi connectivity index (χ4n) is 2.55. The van der Waals surface area contributed by atoms with E-state index in [2.05, 4.69) is 10.6 Å². The van der Waals surface area contributed by atoms with Crippen LogP contribution in [0.25, 0.3) is 0 Å². The molecule has 2 amide bonds. The van der Waals surface area contributed by atoms with E-state index in [1.54, 1.807) is 0 Å². The van der Waals surface area contributed by atoms with Crippen LogP contribution < -0.4 is 20.1 Å². The van der Waals surface area contributed by atoms with E-state index in [1.165, 1.54) is 0 Å². The van der Waals surface area contributed by atoms with Gasteiger partial charge in [-0.2, -0.15) is 0 Å². The number of hydrogen-bond donors (Lipinski definition) is 3. The number of hydrogen-bond acceptors (Lipinski definition) is 4.